The molecule has 1 aliphatic rings. The van der Waals surface area contributed by atoms with E-state index in [4.69, 9.17) is 4.74 Å². The second kappa shape index (κ2) is 8.55. The molecular formula is C19H24N4O4S. The lowest BCUT2D eigenvalue weighted by atomic mass is 10.0. The highest BCUT2D eigenvalue weighted by Crippen LogP contribution is 2.21. The van der Waals surface area contributed by atoms with Crippen LogP contribution in [0.1, 0.15) is 18.4 Å². The number of aromatic nitrogens is 2. The predicted molar refractivity (Wildman–Crippen MR) is 105 cm³/mol. The third kappa shape index (κ3) is 4.98. The van der Waals surface area contributed by atoms with Crippen LogP contribution in [-0.2, 0) is 21.2 Å². The van der Waals surface area contributed by atoms with Crippen molar-refractivity contribution >= 4 is 21.7 Å². The van der Waals surface area contributed by atoms with Gasteiger partial charge in [0.1, 0.15) is 12.4 Å². The third-order valence-corrected chi connectivity index (χ3v) is 5.64. The summed E-state index contributed by atoms with van der Waals surface area (Å²) in [6, 6.07) is 11.3. The van der Waals surface area contributed by atoms with Gasteiger partial charge in [-0.3, -0.25) is 0 Å². The number of sulfone groups is 1. The van der Waals surface area contributed by atoms with Gasteiger partial charge in [-0.05, 0) is 24.5 Å². The molecule has 0 radical (unpaired) electrons. The van der Waals surface area contributed by atoms with E-state index in [0.717, 1.165) is 24.7 Å². The van der Waals surface area contributed by atoms with Crippen molar-refractivity contribution in [3.63, 3.8) is 0 Å². The molecule has 1 aromatic carbocycles. The van der Waals surface area contributed by atoms with Crippen molar-refractivity contribution in [2.75, 3.05) is 31.3 Å². The van der Waals surface area contributed by atoms with E-state index in [9.17, 15) is 13.2 Å². The first-order valence-electron chi connectivity index (χ1n) is 9.06. The zero-order valence-electron chi connectivity index (χ0n) is 16.0. The highest BCUT2D eigenvalue weighted by Gasteiger charge is 2.27. The van der Waals surface area contributed by atoms with Crippen LogP contribution >= 0.6 is 0 Å². The standard InChI is InChI=1S/C19H24N4O4S/c1-22(19(24)27-14-15-6-4-3-5-7-15)16-9-12-23(13-10-16)17-8-11-20-18(21-17)28(2,25)26/h3-8,11,16H,9-10,12-14H2,1-2H3. The summed E-state index contributed by atoms with van der Waals surface area (Å²) in [5.41, 5.74) is 0.949. The number of carbonyl (C=O) groups excluding carboxylic acids is 1. The summed E-state index contributed by atoms with van der Waals surface area (Å²) in [7, 11) is -1.70. The zero-order valence-corrected chi connectivity index (χ0v) is 16.8. The number of anilines is 1. The summed E-state index contributed by atoms with van der Waals surface area (Å²) >= 11 is 0. The van der Waals surface area contributed by atoms with Crippen molar-refractivity contribution in [1.29, 1.82) is 0 Å². The molecule has 28 heavy (non-hydrogen) atoms. The summed E-state index contributed by atoms with van der Waals surface area (Å²) in [5.74, 6) is 0.586. The van der Waals surface area contributed by atoms with E-state index in [0.29, 0.717) is 18.9 Å². The number of hydrogen-bond acceptors (Lipinski definition) is 7. The molecule has 0 saturated carbocycles. The average Bonchev–Trinajstić information content (AvgIpc) is 2.72. The SMILES string of the molecule is CN(C(=O)OCc1ccccc1)C1CCN(c2ccnc(S(C)(=O)=O)n2)CC1. The first-order valence-corrected chi connectivity index (χ1v) is 11.0. The average molecular weight is 404 g/mol. The quantitative estimate of drug-likeness (QED) is 0.705. The molecule has 0 unspecified atom stereocenters. The highest BCUT2D eigenvalue weighted by atomic mass is 32.2. The molecule has 8 nitrogen and oxygen atoms in total. The molecule has 2 heterocycles. The molecular weight excluding hydrogens is 380 g/mol. The largest absolute Gasteiger partial charge is 0.445 e. The lowest BCUT2D eigenvalue weighted by Gasteiger charge is -2.36. The van der Waals surface area contributed by atoms with E-state index < -0.39 is 9.84 Å². The molecule has 0 bridgehead atoms. The maximum Gasteiger partial charge on any atom is 0.410 e. The van der Waals surface area contributed by atoms with Crippen LogP contribution in [0.4, 0.5) is 10.6 Å². The Kier molecular flexibility index (Phi) is 6.13. The molecule has 0 aliphatic carbocycles. The molecule has 9 heteroatoms. The third-order valence-electron chi connectivity index (χ3n) is 4.78. The second-order valence-electron chi connectivity index (χ2n) is 6.84. The number of nitrogens with zero attached hydrogens (tertiary/aromatic N) is 4. The fraction of sp³-hybridized carbons (Fsp3) is 0.421. The summed E-state index contributed by atoms with van der Waals surface area (Å²) in [5, 5.41) is -0.172. The van der Waals surface area contributed by atoms with E-state index >= 15 is 0 Å². The molecule has 1 saturated heterocycles. The maximum absolute atomic E-state index is 12.3. The lowest BCUT2D eigenvalue weighted by Crippen LogP contribution is -2.46. The Balaban J connectivity index is 1.54. The van der Waals surface area contributed by atoms with Gasteiger partial charge in [-0.2, -0.15) is 0 Å². The van der Waals surface area contributed by atoms with Gasteiger partial charge in [0.05, 0.1) is 0 Å². The van der Waals surface area contributed by atoms with Gasteiger partial charge in [0, 0.05) is 38.6 Å². The minimum atomic E-state index is -3.45. The van der Waals surface area contributed by atoms with Crippen LogP contribution < -0.4 is 4.90 Å². The Morgan fingerprint density at radius 3 is 2.54 bits per heavy atom. The lowest BCUT2D eigenvalue weighted by molar-refractivity contribution is 0.0862. The molecule has 1 fully saturated rings. The Morgan fingerprint density at radius 2 is 1.89 bits per heavy atom. The van der Waals surface area contributed by atoms with Crippen LogP contribution in [0.3, 0.4) is 0 Å². The van der Waals surface area contributed by atoms with Gasteiger partial charge in [0.25, 0.3) is 0 Å². The van der Waals surface area contributed by atoms with Crippen molar-refractivity contribution in [2.45, 2.75) is 30.6 Å². The Labute approximate surface area is 165 Å². The number of amides is 1. The zero-order chi connectivity index (χ0) is 20.1. The van der Waals surface area contributed by atoms with Gasteiger partial charge in [0.2, 0.25) is 15.0 Å². The number of ether oxygens (including phenoxy) is 1. The van der Waals surface area contributed by atoms with E-state index in [1.165, 1.54) is 6.20 Å². The van der Waals surface area contributed by atoms with Crippen LogP contribution in [0.25, 0.3) is 0 Å². The first-order chi connectivity index (χ1) is 13.3. The second-order valence-corrected chi connectivity index (χ2v) is 8.75. The normalized spacial score (nSPS) is 15.3. The Bertz CT molecular complexity index is 913. The fourth-order valence-corrected chi connectivity index (χ4v) is 3.65. The van der Waals surface area contributed by atoms with Gasteiger partial charge < -0.3 is 14.5 Å². The first kappa shape index (κ1) is 20.1. The van der Waals surface area contributed by atoms with Crippen molar-refractivity contribution in [2.24, 2.45) is 0 Å². The number of benzene rings is 1. The molecule has 150 valence electrons. The monoisotopic (exact) mass is 404 g/mol. The molecule has 0 atom stereocenters. The van der Waals surface area contributed by atoms with Crippen LogP contribution in [-0.4, -0.2) is 61.8 Å². The van der Waals surface area contributed by atoms with E-state index in [1.54, 1.807) is 18.0 Å². The van der Waals surface area contributed by atoms with Gasteiger partial charge in [-0.25, -0.2) is 23.2 Å². The summed E-state index contributed by atoms with van der Waals surface area (Å²) in [6.45, 7) is 1.58. The molecule has 3 rings (SSSR count). The van der Waals surface area contributed by atoms with Crippen LogP contribution in [0.2, 0.25) is 0 Å². The van der Waals surface area contributed by atoms with Gasteiger partial charge in [0.15, 0.2) is 0 Å². The van der Waals surface area contributed by atoms with Crippen LogP contribution in [0, 0.1) is 0 Å². The molecule has 1 aliphatic heterocycles. The highest BCUT2D eigenvalue weighted by molar-refractivity contribution is 7.90. The summed E-state index contributed by atoms with van der Waals surface area (Å²) in [6.07, 6.45) is 3.69. The van der Waals surface area contributed by atoms with Crippen LogP contribution in [0.5, 0.6) is 0 Å². The van der Waals surface area contributed by atoms with Crippen molar-refractivity contribution < 1.29 is 17.9 Å². The Morgan fingerprint density at radius 1 is 1.21 bits per heavy atom. The van der Waals surface area contributed by atoms with E-state index in [2.05, 4.69) is 9.97 Å². The topological polar surface area (TPSA) is 92.7 Å². The van der Waals surface area contributed by atoms with Gasteiger partial charge in [-0.1, -0.05) is 30.3 Å². The molecule has 0 N–H and O–H groups in total. The fourth-order valence-electron chi connectivity index (χ4n) is 3.14. The summed E-state index contributed by atoms with van der Waals surface area (Å²) < 4.78 is 28.7. The van der Waals surface area contributed by atoms with E-state index in [1.807, 2.05) is 35.2 Å². The molecule has 1 aromatic heterocycles. The van der Waals surface area contributed by atoms with Crippen molar-refractivity contribution in [1.82, 2.24) is 14.9 Å². The van der Waals surface area contributed by atoms with Crippen molar-refractivity contribution in [3.05, 3.63) is 48.2 Å². The Hall–Kier alpha value is -2.68. The minimum Gasteiger partial charge on any atom is -0.445 e. The smallest absolute Gasteiger partial charge is 0.410 e. The van der Waals surface area contributed by atoms with E-state index in [-0.39, 0.29) is 23.9 Å². The number of piperidine rings is 1. The number of rotatable bonds is 5. The molecule has 0 spiro atoms. The van der Waals surface area contributed by atoms with Crippen LogP contribution in [0.15, 0.2) is 47.8 Å². The van der Waals surface area contributed by atoms with Gasteiger partial charge >= 0.3 is 6.09 Å². The summed E-state index contributed by atoms with van der Waals surface area (Å²) in [4.78, 5) is 24.0. The molecule has 2 aromatic rings. The minimum absolute atomic E-state index is 0.0655. The van der Waals surface area contributed by atoms with Crippen molar-refractivity contribution in [3.8, 4) is 0 Å². The number of carbonyl (C=O) groups is 1. The van der Waals surface area contributed by atoms with Gasteiger partial charge in [-0.15, -0.1) is 0 Å². The molecule has 1 amide bonds. The number of hydrogen-bond donors (Lipinski definition) is 0. The predicted octanol–water partition coefficient (Wildman–Crippen LogP) is 2.12. The maximum atomic E-state index is 12.3.